The summed E-state index contributed by atoms with van der Waals surface area (Å²) in [6, 6.07) is 13.6. The van der Waals surface area contributed by atoms with Crippen molar-refractivity contribution in [3.8, 4) is 5.75 Å². The average molecular weight is 454 g/mol. The molecule has 2 N–H and O–H groups in total. The molecule has 4 rings (SSSR count). The Kier molecular flexibility index (Phi) is 6.46. The third kappa shape index (κ3) is 4.34. The largest absolute Gasteiger partial charge is 0.495 e. The van der Waals surface area contributed by atoms with Crippen LogP contribution in [0.1, 0.15) is 42.5 Å². The van der Waals surface area contributed by atoms with Gasteiger partial charge in [-0.1, -0.05) is 43.0 Å². The average Bonchev–Trinajstić information content (AvgIpc) is 3.03. The standard InChI is InChI=1S/C24H24ClN3O4/c1-32-19-10-6-5-9-18(19)27-22(29)15-11-13-16(14-12-15)26-21-20(25)23(30)28(24(21)31)17-7-3-2-4-8-17/h5-6,9-14,17,26H,2-4,7-8H2,1H3,(H,27,29). The van der Waals surface area contributed by atoms with Gasteiger partial charge in [0, 0.05) is 17.3 Å². The van der Waals surface area contributed by atoms with Gasteiger partial charge >= 0.3 is 0 Å². The minimum Gasteiger partial charge on any atom is -0.495 e. The fraction of sp³-hybridized carbons (Fsp3) is 0.292. The van der Waals surface area contributed by atoms with Crippen LogP contribution in [0.4, 0.5) is 11.4 Å². The fourth-order valence-corrected chi connectivity index (χ4v) is 4.31. The van der Waals surface area contributed by atoms with E-state index in [1.807, 2.05) is 6.07 Å². The molecule has 0 bridgehead atoms. The molecule has 1 saturated carbocycles. The summed E-state index contributed by atoms with van der Waals surface area (Å²) in [6.07, 6.45) is 4.74. The Balaban J connectivity index is 1.44. The zero-order chi connectivity index (χ0) is 22.7. The Labute approximate surface area is 191 Å². The first kappa shape index (κ1) is 21.9. The van der Waals surface area contributed by atoms with E-state index in [0.717, 1.165) is 32.1 Å². The van der Waals surface area contributed by atoms with E-state index in [-0.39, 0.29) is 22.7 Å². The molecule has 0 unspecified atom stereocenters. The van der Waals surface area contributed by atoms with Crippen LogP contribution in [0.5, 0.6) is 5.75 Å². The maximum absolute atomic E-state index is 12.9. The number of methoxy groups -OCH3 is 1. The molecule has 2 aliphatic rings. The third-order valence-corrected chi connectivity index (χ3v) is 6.12. The number of para-hydroxylation sites is 2. The normalized spacial score (nSPS) is 17.0. The van der Waals surface area contributed by atoms with Crippen LogP contribution in [-0.4, -0.2) is 35.8 Å². The van der Waals surface area contributed by atoms with Crippen molar-refractivity contribution in [1.82, 2.24) is 4.90 Å². The van der Waals surface area contributed by atoms with Crippen LogP contribution in [0, 0.1) is 0 Å². The second-order valence-corrected chi connectivity index (χ2v) is 8.20. The number of hydrogen-bond acceptors (Lipinski definition) is 5. The number of nitrogens with zero attached hydrogens (tertiary/aromatic N) is 1. The number of amides is 3. The molecule has 1 heterocycles. The van der Waals surface area contributed by atoms with E-state index < -0.39 is 11.8 Å². The minimum absolute atomic E-state index is 0.0773. The van der Waals surface area contributed by atoms with Crippen LogP contribution in [0.2, 0.25) is 0 Å². The van der Waals surface area contributed by atoms with E-state index in [0.29, 0.717) is 22.7 Å². The van der Waals surface area contributed by atoms with Gasteiger partial charge in [0.25, 0.3) is 17.7 Å². The van der Waals surface area contributed by atoms with Gasteiger partial charge in [0.05, 0.1) is 12.8 Å². The number of carbonyl (C=O) groups is 3. The smallest absolute Gasteiger partial charge is 0.279 e. The van der Waals surface area contributed by atoms with Crippen molar-refractivity contribution < 1.29 is 19.1 Å². The number of ether oxygens (including phenoxy) is 1. The number of hydrogen-bond donors (Lipinski definition) is 2. The molecular formula is C24H24ClN3O4. The minimum atomic E-state index is -0.445. The topological polar surface area (TPSA) is 87.7 Å². The van der Waals surface area contributed by atoms with Gasteiger partial charge in [-0.15, -0.1) is 0 Å². The summed E-state index contributed by atoms with van der Waals surface area (Å²) in [7, 11) is 1.54. The quantitative estimate of drug-likeness (QED) is 0.628. The highest BCUT2D eigenvalue weighted by Gasteiger charge is 2.42. The van der Waals surface area contributed by atoms with Crippen molar-refractivity contribution >= 4 is 40.7 Å². The number of halogens is 1. The second-order valence-electron chi connectivity index (χ2n) is 7.82. The molecule has 32 heavy (non-hydrogen) atoms. The molecule has 2 aromatic rings. The zero-order valence-corrected chi connectivity index (χ0v) is 18.4. The van der Waals surface area contributed by atoms with E-state index in [9.17, 15) is 14.4 Å². The zero-order valence-electron chi connectivity index (χ0n) is 17.7. The highest BCUT2D eigenvalue weighted by atomic mass is 35.5. The third-order valence-electron chi connectivity index (χ3n) is 5.77. The lowest BCUT2D eigenvalue weighted by atomic mass is 9.94. The molecule has 2 aromatic carbocycles. The van der Waals surface area contributed by atoms with Gasteiger partial charge in [-0.25, -0.2) is 0 Å². The number of anilines is 2. The SMILES string of the molecule is COc1ccccc1NC(=O)c1ccc(NC2=C(Cl)C(=O)N(C3CCCCC3)C2=O)cc1. The second kappa shape index (κ2) is 9.44. The fourth-order valence-electron chi connectivity index (χ4n) is 4.09. The van der Waals surface area contributed by atoms with Gasteiger partial charge in [0.2, 0.25) is 0 Å². The first-order valence-electron chi connectivity index (χ1n) is 10.6. The summed E-state index contributed by atoms with van der Waals surface area (Å²) >= 11 is 6.22. The van der Waals surface area contributed by atoms with Crippen molar-refractivity contribution in [1.29, 1.82) is 0 Å². The molecule has 1 aliphatic carbocycles. The molecule has 1 aliphatic heterocycles. The predicted octanol–water partition coefficient (Wildman–Crippen LogP) is 4.51. The summed E-state index contributed by atoms with van der Waals surface area (Å²) in [6.45, 7) is 0. The lowest BCUT2D eigenvalue weighted by molar-refractivity contribution is -0.140. The summed E-state index contributed by atoms with van der Waals surface area (Å²) in [5, 5.41) is 5.67. The molecule has 0 spiro atoms. The van der Waals surface area contributed by atoms with Crippen molar-refractivity contribution in [2.75, 3.05) is 17.7 Å². The van der Waals surface area contributed by atoms with Crippen LogP contribution in [0.15, 0.2) is 59.3 Å². The number of nitrogens with one attached hydrogen (secondary N) is 2. The van der Waals surface area contributed by atoms with Crippen LogP contribution < -0.4 is 15.4 Å². The Morgan fingerprint density at radius 3 is 2.38 bits per heavy atom. The summed E-state index contributed by atoms with van der Waals surface area (Å²) in [5.41, 5.74) is 1.63. The molecule has 7 nitrogen and oxygen atoms in total. The summed E-state index contributed by atoms with van der Waals surface area (Å²) in [5.74, 6) is -0.578. The molecule has 0 saturated heterocycles. The Morgan fingerprint density at radius 1 is 1.00 bits per heavy atom. The lowest BCUT2D eigenvalue weighted by Gasteiger charge is -2.29. The maximum Gasteiger partial charge on any atom is 0.279 e. The highest BCUT2D eigenvalue weighted by Crippen LogP contribution is 2.32. The van der Waals surface area contributed by atoms with Crippen LogP contribution in [0.25, 0.3) is 0 Å². The molecule has 1 fully saturated rings. The van der Waals surface area contributed by atoms with Crippen molar-refractivity contribution in [2.45, 2.75) is 38.1 Å². The van der Waals surface area contributed by atoms with E-state index >= 15 is 0 Å². The first-order valence-corrected chi connectivity index (χ1v) is 11.0. The molecule has 0 aromatic heterocycles. The molecular weight excluding hydrogens is 430 g/mol. The predicted molar refractivity (Wildman–Crippen MR) is 123 cm³/mol. The van der Waals surface area contributed by atoms with Gasteiger partial charge in [-0.2, -0.15) is 0 Å². The number of imide groups is 1. The molecule has 166 valence electrons. The molecule has 0 atom stereocenters. The van der Waals surface area contributed by atoms with E-state index in [1.54, 1.807) is 42.5 Å². The number of carbonyl (C=O) groups excluding carboxylic acids is 3. The van der Waals surface area contributed by atoms with Crippen LogP contribution in [0.3, 0.4) is 0 Å². The number of benzene rings is 2. The number of rotatable bonds is 6. The monoisotopic (exact) mass is 453 g/mol. The summed E-state index contributed by atoms with van der Waals surface area (Å²) < 4.78 is 5.25. The van der Waals surface area contributed by atoms with Crippen molar-refractivity contribution in [3.63, 3.8) is 0 Å². The van der Waals surface area contributed by atoms with Gasteiger partial charge in [0.1, 0.15) is 16.5 Å². The van der Waals surface area contributed by atoms with Crippen molar-refractivity contribution in [3.05, 3.63) is 64.8 Å². The van der Waals surface area contributed by atoms with E-state index in [2.05, 4.69) is 10.6 Å². The summed E-state index contributed by atoms with van der Waals surface area (Å²) in [4.78, 5) is 39.4. The first-order chi connectivity index (χ1) is 15.5. The van der Waals surface area contributed by atoms with Gasteiger partial charge in [-0.05, 0) is 49.2 Å². The molecule has 3 amide bonds. The molecule has 8 heteroatoms. The van der Waals surface area contributed by atoms with Gasteiger partial charge in [0.15, 0.2) is 0 Å². The van der Waals surface area contributed by atoms with Gasteiger partial charge in [-0.3, -0.25) is 19.3 Å². The van der Waals surface area contributed by atoms with E-state index in [1.165, 1.54) is 12.0 Å². The van der Waals surface area contributed by atoms with Crippen LogP contribution >= 0.6 is 11.6 Å². The Hall–Kier alpha value is -3.32. The Bertz CT molecular complexity index is 1070. The lowest BCUT2D eigenvalue weighted by Crippen LogP contribution is -2.42. The van der Waals surface area contributed by atoms with E-state index in [4.69, 9.17) is 16.3 Å². The maximum atomic E-state index is 12.9. The molecule has 0 radical (unpaired) electrons. The van der Waals surface area contributed by atoms with Crippen molar-refractivity contribution in [2.24, 2.45) is 0 Å². The highest BCUT2D eigenvalue weighted by molar-refractivity contribution is 6.48. The van der Waals surface area contributed by atoms with Crippen LogP contribution in [-0.2, 0) is 9.59 Å². The van der Waals surface area contributed by atoms with Gasteiger partial charge < -0.3 is 15.4 Å². The Morgan fingerprint density at radius 2 is 1.69 bits per heavy atom.